The Balaban J connectivity index is 2.30. The zero-order chi connectivity index (χ0) is 13.3. The van der Waals surface area contributed by atoms with E-state index in [0.29, 0.717) is 10.8 Å². The number of nitrogens with zero attached hydrogens (tertiary/aromatic N) is 3. The number of nitrogen functional groups attached to an aromatic ring is 1. The molecule has 1 heterocycles. The van der Waals surface area contributed by atoms with E-state index in [2.05, 4.69) is 5.10 Å². The molecule has 6 nitrogen and oxygen atoms in total. The Morgan fingerprint density at radius 1 is 1.50 bits per heavy atom. The van der Waals surface area contributed by atoms with E-state index in [9.17, 15) is 9.60 Å². The van der Waals surface area contributed by atoms with Crippen molar-refractivity contribution in [2.45, 2.75) is 0 Å². The van der Waals surface area contributed by atoms with Gasteiger partial charge in [0.2, 0.25) is 5.96 Å². The van der Waals surface area contributed by atoms with Gasteiger partial charge < -0.3 is 5.73 Å². The van der Waals surface area contributed by atoms with E-state index in [4.69, 9.17) is 22.7 Å². The molecule has 0 radical (unpaired) electrons. The minimum absolute atomic E-state index is 0.0130. The largest absolute Gasteiger partial charge is 0.396 e. The Labute approximate surface area is 106 Å². The van der Waals surface area contributed by atoms with Crippen LogP contribution in [0, 0.1) is 11.2 Å². The monoisotopic (exact) mass is 269 g/mol. The molecule has 0 spiro atoms. The second-order valence-corrected chi connectivity index (χ2v) is 3.92. The third-order valence-corrected chi connectivity index (χ3v) is 2.33. The number of halogens is 2. The van der Waals surface area contributed by atoms with Gasteiger partial charge >= 0.3 is 0 Å². The van der Waals surface area contributed by atoms with E-state index in [0.717, 1.165) is 16.8 Å². The Hall–Kier alpha value is -2.12. The molecule has 4 N–H and O–H groups in total. The van der Waals surface area contributed by atoms with Crippen molar-refractivity contribution in [2.75, 3.05) is 10.8 Å². The molecule has 2 rings (SSSR count). The number of aromatic nitrogens is 2. The van der Waals surface area contributed by atoms with E-state index < -0.39 is 11.8 Å². The maximum Gasteiger partial charge on any atom is 0.248 e. The zero-order valence-electron chi connectivity index (χ0n) is 9.01. The molecule has 0 aliphatic carbocycles. The maximum atomic E-state index is 13.1. The fourth-order valence-electron chi connectivity index (χ4n) is 1.33. The van der Waals surface area contributed by atoms with Gasteiger partial charge in [0.25, 0.3) is 0 Å². The quantitative estimate of drug-likeness (QED) is 0.419. The number of hydrogen-bond acceptors (Lipinski definition) is 4. The van der Waals surface area contributed by atoms with Crippen LogP contribution < -0.4 is 10.8 Å². The number of anilines is 2. The Morgan fingerprint density at radius 3 is 2.78 bits per heavy atom. The van der Waals surface area contributed by atoms with E-state index in [1.54, 1.807) is 0 Å². The maximum absolute atomic E-state index is 13.1. The molecule has 0 fully saturated rings. The van der Waals surface area contributed by atoms with Crippen molar-refractivity contribution in [3.63, 3.8) is 0 Å². The van der Waals surface area contributed by atoms with Crippen molar-refractivity contribution in [1.82, 2.24) is 9.78 Å². The number of nitrogens with one attached hydrogen (secondary N) is 1. The lowest BCUT2D eigenvalue weighted by Gasteiger charge is -2.17. The summed E-state index contributed by atoms with van der Waals surface area (Å²) in [6.07, 6.45) is 2.66. The number of hydroxylamine groups is 1. The van der Waals surface area contributed by atoms with Crippen molar-refractivity contribution < 1.29 is 9.60 Å². The van der Waals surface area contributed by atoms with Crippen LogP contribution in [0.2, 0.25) is 5.02 Å². The van der Waals surface area contributed by atoms with E-state index >= 15 is 0 Å². The highest BCUT2D eigenvalue weighted by molar-refractivity contribution is 6.30. The van der Waals surface area contributed by atoms with Gasteiger partial charge in [0.15, 0.2) is 0 Å². The molecule has 1 aromatic carbocycles. The summed E-state index contributed by atoms with van der Waals surface area (Å²) in [6, 6.07) is 3.44. The molecule has 0 atom stereocenters. The summed E-state index contributed by atoms with van der Waals surface area (Å²) in [7, 11) is 0. The van der Waals surface area contributed by atoms with Crippen molar-refractivity contribution >= 4 is 28.9 Å². The van der Waals surface area contributed by atoms with Crippen LogP contribution in [0.15, 0.2) is 30.6 Å². The van der Waals surface area contributed by atoms with Gasteiger partial charge in [-0.1, -0.05) is 11.6 Å². The van der Waals surface area contributed by atoms with Gasteiger partial charge in [-0.2, -0.15) is 10.2 Å². The van der Waals surface area contributed by atoms with E-state index in [-0.39, 0.29) is 10.7 Å². The number of rotatable bonds is 1. The topological polar surface area (TPSA) is 91.2 Å². The third kappa shape index (κ3) is 2.41. The van der Waals surface area contributed by atoms with Crippen LogP contribution in [-0.4, -0.2) is 20.9 Å². The molecule has 94 valence electrons. The standard InChI is InChI=1S/C10H9ClFN5O/c11-6-1-7(12)3-9(2-6)17(18)10(14)16-5-8(13)4-15-16/h1-5,14,18H,13H2. The van der Waals surface area contributed by atoms with Crippen LogP contribution in [0.25, 0.3) is 0 Å². The summed E-state index contributed by atoms with van der Waals surface area (Å²) in [4.78, 5) is 0. The van der Waals surface area contributed by atoms with Gasteiger partial charge in [-0.3, -0.25) is 10.6 Å². The molecule has 8 heteroatoms. The number of nitrogens with two attached hydrogens (primary N) is 1. The molecule has 0 saturated carbocycles. The Bertz CT molecular complexity index is 579. The van der Waals surface area contributed by atoms with Crippen molar-refractivity contribution in [2.24, 2.45) is 0 Å². The summed E-state index contributed by atoms with van der Waals surface area (Å²) in [5.41, 5.74) is 5.79. The second kappa shape index (κ2) is 4.63. The normalized spacial score (nSPS) is 10.4. The average Bonchev–Trinajstić information content (AvgIpc) is 2.72. The first kappa shape index (κ1) is 12.3. The van der Waals surface area contributed by atoms with Crippen molar-refractivity contribution in [1.29, 1.82) is 5.41 Å². The molecule has 0 bridgehead atoms. The zero-order valence-corrected chi connectivity index (χ0v) is 9.76. The molecule has 2 aromatic rings. The highest BCUT2D eigenvalue weighted by atomic mass is 35.5. The van der Waals surface area contributed by atoms with Gasteiger partial charge in [-0.15, -0.1) is 0 Å². The Kier molecular flexibility index (Phi) is 3.17. The predicted octanol–water partition coefficient (Wildman–Crippen LogP) is 1.94. The lowest BCUT2D eigenvalue weighted by molar-refractivity contribution is 0.305. The van der Waals surface area contributed by atoms with Crippen LogP contribution in [0.5, 0.6) is 0 Å². The van der Waals surface area contributed by atoms with Crippen LogP contribution in [0.1, 0.15) is 0 Å². The van der Waals surface area contributed by atoms with Crippen molar-refractivity contribution in [3.05, 3.63) is 41.4 Å². The summed E-state index contributed by atoms with van der Waals surface area (Å²) in [6.45, 7) is 0. The van der Waals surface area contributed by atoms with Crippen LogP contribution in [0.4, 0.5) is 15.8 Å². The SMILES string of the molecule is N=C(N(O)c1cc(F)cc(Cl)c1)n1cc(N)cn1. The molecule has 0 unspecified atom stereocenters. The second-order valence-electron chi connectivity index (χ2n) is 3.48. The smallest absolute Gasteiger partial charge is 0.248 e. The third-order valence-electron chi connectivity index (χ3n) is 2.11. The minimum Gasteiger partial charge on any atom is -0.396 e. The minimum atomic E-state index is -0.621. The molecule has 18 heavy (non-hydrogen) atoms. The fourth-order valence-corrected chi connectivity index (χ4v) is 1.55. The number of benzene rings is 1. The summed E-state index contributed by atoms with van der Waals surface area (Å²) < 4.78 is 14.2. The van der Waals surface area contributed by atoms with Gasteiger partial charge in [-0.05, 0) is 12.1 Å². The molecule has 0 aliphatic heterocycles. The van der Waals surface area contributed by atoms with Crippen molar-refractivity contribution in [3.8, 4) is 0 Å². The first-order chi connectivity index (χ1) is 8.47. The van der Waals surface area contributed by atoms with Crippen LogP contribution in [-0.2, 0) is 0 Å². The molecular weight excluding hydrogens is 261 g/mol. The van der Waals surface area contributed by atoms with Gasteiger partial charge in [0, 0.05) is 11.1 Å². The predicted molar refractivity (Wildman–Crippen MR) is 65.4 cm³/mol. The fraction of sp³-hybridized carbons (Fsp3) is 0. The van der Waals surface area contributed by atoms with Gasteiger partial charge in [-0.25, -0.2) is 9.07 Å². The highest BCUT2D eigenvalue weighted by Gasteiger charge is 2.14. The lowest BCUT2D eigenvalue weighted by Crippen LogP contribution is -2.32. The summed E-state index contributed by atoms with van der Waals surface area (Å²) in [5.74, 6) is -1.03. The van der Waals surface area contributed by atoms with Gasteiger partial charge in [0.05, 0.1) is 23.8 Å². The van der Waals surface area contributed by atoms with Crippen LogP contribution >= 0.6 is 11.6 Å². The number of hydrogen-bond donors (Lipinski definition) is 3. The molecule has 0 amide bonds. The van der Waals surface area contributed by atoms with E-state index in [1.807, 2.05) is 0 Å². The van der Waals surface area contributed by atoms with Gasteiger partial charge in [0.1, 0.15) is 5.82 Å². The first-order valence-corrected chi connectivity index (χ1v) is 5.19. The Morgan fingerprint density at radius 2 is 2.22 bits per heavy atom. The summed E-state index contributed by atoms with van der Waals surface area (Å²) in [5, 5.41) is 21.8. The van der Waals surface area contributed by atoms with E-state index in [1.165, 1.54) is 18.5 Å². The molecule has 0 aliphatic rings. The lowest BCUT2D eigenvalue weighted by atomic mass is 10.3. The average molecular weight is 270 g/mol. The molecule has 1 aromatic heterocycles. The molecular formula is C10H9ClFN5O. The first-order valence-electron chi connectivity index (χ1n) is 4.81. The molecule has 0 saturated heterocycles. The van der Waals surface area contributed by atoms with Crippen LogP contribution in [0.3, 0.4) is 0 Å². The summed E-state index contributed by atoms with van der Waals surface area (Å²) >= 11 is 5.66. The highest BCUT2D eigenvalue weighted by Crippen LogP contribution is 2.21.